The normalized spacial score (nSPS) is 16.2. The minimum atomic E-state index is -3.38. The fourth-order valence-electron chi connectivity index (χ4n) is 3.30. The van der Waals surface area contributed by atoms with Crippen LogP contribution >= 0.6 is 0 Å². The number of nitrogens with zero attached hydrogens (tertiary/aromatic N) is 1. The Kier molecular flexibility index (Phi) is 4.82. The van der Waals surface area contributed by atoms with E-state index < -0.39 is 15.9 Å². The minimum absolute atomic E-state index is 0.0840. The average Bonchev–Trinajstić information content (AvgIpc) is 2.99. The van der Waals surface area contributed by atoms with E-state index in [1.54, 1.807) is 18.2 Å². The number of rotatable bonds is 4. The molecule has 26 heavy (non-hydrogen) atoms. The van der Waals surface area contributed by atoms with Crippen molar-refractivity contribution in [3.05, 3.63) is 59.7 Å². The molecule has 0 spiro atoms. The van der Waals surface area contributed by atoms with Crippen LogP contribution in [0.2, 0.25) is 0 Å². The zero-order chi connectivity index (χ0) is 18.9. The van der Waals surface area contributed by atoms with Gasteiger partial charge in [0.2, 0.25) is 11.8 Å². The van der Waals surface area contributed by atoms with Crippen LogP contribution in [0, 0.1) is 0 Å². The Morgan fingerprint density at radius 1 is 1.12 bits per heavy atom. The Balaban J connectivity index is 1.79. The summed E-state index contributed by atoms with van der Waals surface area (Å²) in [7, 11) is -3.38. The molecular weight excluding hydrogens is 352 g/mol. The molecule has 1 aliphatic heterocycles. The standard InChI is InChI=1S/C19H20N2O4S/c1-13(22)21-16-9-5-3-7-14(16)11-17(21)19(23)20-12-15-8-4-6-10-18(15)26(2,24)25/h3-10,17H,11-12H2,1-2H3,(H,20,23)/t17-/m0/s1. The average molecular weight is 372 g/mol. The summed E-state index contributed by atoms with van der Waals surface area (Å²) >= 11 is 0. The maximum absolute atomic E-state index is 12.7. The number of amides is 2. The summed E-state index contributed by atoms with van der Waals surface area (Å²) in [6.45, 7) is 1.52. The Labute approximate surface area is 152 Å². The van der Waals surface area contributed by atoms with Gasteiger partial charge in [-0.1, -0.05) is 36.4 Å². The van der Waals surface area contributed by atoms with Crippen molar-refractivity contribution in [1.82, 2.24) is 5.32 Å². The monoisotopic (exact) mass is 372 g/mol. The third-order valence-electron chi connectivity index (χ3n) is 4.44. The highest BCUT2D eigenvalue weighted by Crippen LogP contribution is 2.32. The van der Waals surface area contributed by atoms with Crippen LogP contribution in [0.15, 0.2) is 53.4 Å². The van der Waals surface area contributed by atoms with Crippen molar-refractivity contribution in [2.24, 2.45) is 0 Å². The summed E-state index contributed by atoms with van der Waals surface area (Å²) in [6.07, 6.45) is 1.58. The predicted molar refractivity (Wildman–Crippen MR) is 98.5 cm³/mol. The number of anilines is 1. The molecule has 6 nitrogen and oxygen atoms in total. The Bertz CT molecular complexity index is 969. The molecule has 0 radical (unpaired) electrons. The van der Waals surface area contributed by atoms with Crippen LogP contribution in [-0.2, 0) is 32.4 Å². The van der Waals surface area contributed by atoms with E-state index >= 15 is 0 Å². The second kappa shape index (κ2) is 6.92. The lowest BCUT2D eigenvalue weighted by molar-refractivity contribution is -0.125. The molecule has 1 aliphatic rings. The van der Waals surface area contributed by atoms with E-state index in [0.29, 0.717) is 12.0 Å². The van der Waals surface area contributed by atoms with Gasteiger partial charge in [-0.2, -0.15) is 0 Å². The van der Waals surface area contributed by atoms with E-state index in [0.717, 1.165) is 17.5 Å². The van der Waals surface area contributed by atoms with E-state index in [9.17, 15) is 18.0 Å². The Morgan fingerprint density at radius 3 is 2.46 bits per heavy atom. The number of nitrogens with one attached hydrogen (secondary N) is 1. The number of benzene rings is 2. The zero-order valence-corrected chi connectivity index (χ0v) is 15.4. The molecule has 0 fully saturated rings. The molecule has 2 amide bonds. The molecule has 1 atom stereocenters. The van der Waals surface area contributed by atoms with Crippen LogP contribution in [0.3, 0.4) is 0 Å². The van der Waals surface area contributed by atoms with E-state index in [2.05, 4.69) is 5.32 Å². The molecule has 0 aromatic heterocycles. The van der Waals surface area contributed by atoms with E-state index in [1.165, 1.54) is 17.9 Å². The molecule has 0 unspecified atom stereocenters. The van der Waals surface area contributed by atoms with Gasteiger partial charge < -0.3 is 5.32 Å². The fraction of sp³-hybridized carbons (Fsp3) is 0.263. The Morgan fingerprint density at radius 2 is 1.77 bits per heavy atom. The first-order valence-electron chi connectivity index (χ1n) is 8.22. The van der Waals surface area contributed by atoms with Crippen LogP contribution < -0.4 is 10.2 Å². The van der Waals surface area contributed by atoms with Gasteiger partial charge >= 0.3 is 0 Å². The summed E-state index contributed by atoms with van der Waals surface area (Å²) in [5.74, 6) is -0.508. The largest absolute Gasteiger partial charge is 0.350 e. The predicted octanol–water partition coefficient (Wildman–Crippen LogP) is 1.68. The number of sulfone groups is 1. The number of carbonyl (C=O) groups excluding carboxylic acids is 2. The topological polar surface area (TPSA) is 83.6 Å². The molecule has 0 saturated carbocycles. The minimum Gasteiger partial charge on any atom is -0.350 e. The number of hydrogen-bond acceptors (Lipinski definition) is 4. The molecule has 0 saturated heterocycles. The first-order valence-corrected chi connectivity index (χ1v) is 10.1. The molecular formula is C19H20N2O4S. The van der Waals surface area contributed by atoms with Crippen LogP contribution in [0.25, 0.3) is 0 Å². The van der Waals surface area contributed by atoms with Gasteiger partial charge in [0.05, 0.1) is 4.90 Å². The van der Waals surface area contributed by atoms with Crippen molar-refractivity contribution in [1.29, 1.82) is 0 Å². The molecule has 2 aromatic carbocycles. The summed E-state index contributed by atoms with van der Waals surface area (Å²) in [5.41, 5.74) is 2.21. The van der Waals surface area contributed by atoms with Gasteiger partial charge in [-0.15, -0.1) is 0 Å². The maximum Gasteiger partial charge on any atom is 0.243 e. The summed E-state index contributed by atoms with van der Waals surface area (Å²) in [4.78, 5) is 26.4. The fourth-order valence-corrected chi connectivity index (χ4v) is 4.24. The molecule has 1 heterocycles. The highest BCUT2D eigenvalue weighted by atomic mass is 32.2. The highest BCUT2D eigenvalue weighted by molar-refractivity contribution is 7.90. The zero-order valence-electron chi connectivity index (χ0n) is 14.6. The van der Waals surface area contributed by atoms with Gasteiger partial charge in [-0.25, -0.2) is 8.42 Å². The second-order valence-electron chi connectivity index (χ2n) is 6.34. The first kappa shape index (κ1) is 18.1. The first-order chi connectivity index (χ1) is 12.3. The molecule has 0 aliphatic carbocycles. The van der Waals surface area contributed by atoms with Gasteiger partial charge in [0.25, 0.3) is 0 Å². The number of hydrogen-bond donors (Lipinski definition) is 1. The molecule has 2 aromatic rings. The van der Waals surface area contributed by atoms with Crippen LogP contribution in [0.1, 0.15) is 18.1 Å². The third kappa shape index (κ3) is 3.48. The number of fused-ring (bicyclic) bond motifs is 1. The lowest BCUT2D eigenvalue weighted by atomic mass is 10.1. The van der Waals surface area contributed by atoms with Crippen molar-refractivity contribution in [2.45, 2.75) is 30.8 Å². The third-order valence-corrected chi connectivity index (χ3v) is 5.64. The van der Waals surface area contributed by atoms with E-state index in [4.69, 9.17) is 0 Å². The van der Waals surface area contributed by atoms with Gasteiger partial charge in [0.15, 0.2) is 9.84 Å². The van der Waals surface area contributed by atoms with Gasteiger partial charge in [0.1, 0.15) is 6.04 Å². The quantitative estimate of drug-likeness (QED) is 0.885. The van der Waals surface area contributed by atoms with Crippen molar-refractivity contribution >= 4 is 27.3 Å². The van der Waals surface area contributed by atoms with Gasteiger partial charge in [-0.05, 0) is 23.3 Å². The van der Waals surface area contributed by atoms with E-state index in [1.807, 2.05) is 24.3 Å². The lowest BCUT2D eigenvalue weighted by Crippen LogP contribution is -2.47. The van der Waals surface area contributed by atoms with Gasteiger partial charge in [0, 0.05) is 31.8 Å². The van der Waals surface area contributed by atoms with E-state index in [-0.39, 0.29) is 23.3 Å². The van der Waals surface area contributed by atoms with Gasteiger partial charge in [-0.3, -0.25) is 14.5 Å². The summed E-state index contributed by atoms with van der Waals surface area (Å²) < 4.78 is 23.8. The lowest BCUT2D eigenvalue weighted by Gasteiger charge is -2.23. The molecule has 3 rings (SSSR count). The number of para-hydroxylation sites is 1. The van der Waals surface area contributed by atoms with Crippen molar-refractivity contribution < 1.29 is 18.0 Å². The number of carbonyl (C=O) groups is 2. The maximum atomic E-state index is 12.7. The smallest absolute Gasteiger partial charge is 0.243 e. The second-order valence-corrected chi connectivity index (χ2v) is 8.32. The van der Waals surface area contributed by atoms with Crippen LogP contribution in [-0.4, -0.2) is 32.5 Å². The highest BCUT2D eigenvalue weighted by Gasteiger charge is 2.36. The van der Waals surface area contributed by atoms with Crippen molar-refractivity contribution in [3.63, 3.8) is 0 Å². The van der Waals surface area contributed by atoms with Crippen LogP contribution in [0.4, 0.5) is 5.69 Å². The summed E-state index contributed by atoms with van der Waals surface area (Å²) in [5, 5.41) is 2.78. The molecule has 136 valence electrons. The summed E-state index contributed by atoms with van der Waals surface area (Å²) in [6, 6.07) is 13.4. The van der Waals surface area contributed by atoms with Crippen molar-refractivity contribution in [2.75, 3.05) is 11.2 Å². The molecule has 0 bridgehead atoms. The van der Waals surface area contributed by atoms with Crippen LogP contribution in [0.5, 0.6) is 0 Å². The van der Waals surface area contributed by atoms with Crippen molar-refractivity contribution in [3.8, 4) is 0 Å². The molecule has 1 N–H and O–H groups in total. The molecule has 7 heteroatoms. The Hall–Kier alpha value is -2.67. The SMILES string of the molecule is CC(=O)N1c2ccccc2C[C@H]1C(=O)NCc1ccccc1S(C)(=O)=O.